The molecule has 8 nitrogen and oxygen atoms in total. The van der Waals surface area contributed by atoms with Gasteiger partial charge in [0.25, 0.3) is 5.91 Å². The van der Waals surface area contributed by atoms with Gasteiger partial charge in [0, 0.05) is 41.7 Å². The summed E-state index contributed by atoms with van der Waals surface area (Å²) in [6.07, 6.45) is 9.05. The molecule has 0 atom stereocenters. The summed E-state index contributed by atoms with van der Waals surface area (Å²) in [5, 5.41) is 3.72. The van der Waals surface area contributed by atoms with Gasteiger partial charge in [0.15, 0.2) is 0 Å². The van der Waals surface area contributed by atoms with Gasteiger partial charge < -0.3 is 20.7 Å². The summed E-state index contributed by atoms with van der Waals surface area (Å²) in [6.45, 7) is 1.72. The minimum atomic E-state index is -0.293. The van der Waals surface area contributed by atoms with Crippen molar-refractivity contribution in [2.24, 2.45) is 11.7 Å². The van der Waals surface area contributed by atoms with Gasteiger partial charge in [0.1, 0.15) is 12.4 Å². The van der Waals surface area contributed by atoms with E-state index in [2.05, 4.69) is 5.32 Å². The lowest BCUT2D eigenvalue weighted by Crippen LogP contribution is -2.33. The first-order chi connectivity index (χ1) is 22.2. The number of allylic oxidation sites excluding steroid dienone is 2. The highest BCUT2D eigenvalue weighted by Gasteiger charge is 2.28. The number of ether oxygens (including phenoxy) is 1. The van der Waals surface area contributed by atoms with Crippen LogP contribution < -0.4 is 20.9 Å². The summed E-state index contributed by atoms with van der Waals surface area (Å²) in [6, 6.07) is 18.5. The number of hydrogen-bond acceptors (Lipinski definition) is 5. The molecule has 1 saturated carbocycles. The van der Waals surface area contributed by atoms with E-state index in [1.807, 2.05) is 55.5 Å². The predicted molar refractivity (Wildman–Crippen MR) is 185 cm³/mol. The fraction of sp³-hybridized carbons (Fsp3) is 0.306. The largest absolute Gasteiger partial charge is 0.491 e. The van der Waals surface area contributed by atoms with E-state index in [0.717, 1.165) is 48.2 Å². The van der Waals surface area contributed by atoms with Gasteiger partial charge in [-0.1, -0.05) is 72.8 Å². The van der Waals surface area contributed by atoms with Crippen LogP contribution in [0.25, 0.3) is 6.08 Å². The molecule has 0 bridgehead atoms. The van der Waals surface area contributed by atoms with Gasteiger partial charge in [-0.15, -0.1) is 0 Å². The Morgan fingerprint density at radius 2 is 1.74 bits per heavy atom. The van der Waals surface area contributed by atoms with Gasteiger partial charge in [0.2, 0.25) is 11.8 Å². The summed E-state index contributed by atoms with van der Waals surface area (Å²) < 4.78 is 6.28. The molecule has 1 aliphatic heterocycles. The SMILES string of the molecule is CC1=C(OCc2c(Cl)ccc(N(C)C(=O)CN)c2Cl)Cc2ccccc2N1C(=O)C=Cc1ccc(NC(=O)C2CCCCC2)cc1. The summed E-state index contributed by atoms with van der Waals surface area (Å²) in [4.78, 5) is 41.5. The van der Waals surface area contributed by atoms with Crippen molar-refractivity contribution in [2.75, 3.05) is 28.7 Å². The summed E-state index contributed by atoms with van der Waals surface area (Å²) in [5.74, 6) is 0.228. The first kappa shape index (κ1) is 33.3. The lowest BCUT2D eigenvalue weighted by atomic mass is 9.88. The molecular weight excluding hydrogens is 623 g/mol. The molecule has 0 saturated heterocycles. The second kappa shape index (κ2) is 15.0. The zero-order valence-corrected chi connectivity index (χ0v) is 27.5. The van der Waals surface area contributed by atoms with Crippen LogP contribution in [0, 0.1) is 5.92 Å². The van der Waals surface area contributed by atoms with Crippen LogP contribution in [0.5, 0.6) is 0 Å². The van der Waals surface area contributed by atoms with Crippen LogP contribution in [0.3, 0.4) is 0 Å². The maximum absolute atomic E-state index is 13.7. The predicted octanol–water partition coefficient (Wildman–Crippen LogP) is 7.48. The van der Waals surface area contributed by atoms with E-state index in [-0.39, 0.29) is 36.8 Å². The van der Waals surface area contributed by atoms with Crippen LogP contribution in [-0.2, 0) is 32.1 Å². The van der Waals surface area contributed by atoms with Crippen LogP contribution in [0.4, 0.5) is 17.1 Å². The zero-order chi connectivity index (χ0) is 32.8. The van der Waals surface area contributed by atoms with E-state index in [1.54, 1.807) is 30.2 Å². The van der Waals surface area contributed by atoms with Crippen molar-refractivity contribution in [2.45, 2.75) is 52.1 Å². The van der Waals surface area contributed by atoms with Crippen LogP contribution >= 0.6 is 23.2 Å². The minimum Gasteiger partial charge on any atom is -0.491 e. The number of nitrogens with one attached hydrogen (secondary N) is 1. The second-order valence-electron chi connectivity index (χ2n) is 11.6. The van der Waals surface area contributed by atoms with Gasteiger partial charge in [-0.25, -0.2) is 0 Å². The number of hydrogen-bond donors (Lipinski definition) is 2. The van der Waals surface area contributed by atoms with E-state index >= 15 is 0 Å². The van der Waals surface area contributed by atoms with Gasteiger partial charge in [-0.3, -0.25) is 19.3 Å². The highest BCUT2D eigenvalue weighted by atomic mass is 35.5. The number of benzene rings is 3. The number of likely N-dealkylation sites (N-methyl/N-ethyl adjacent to an activating group) is 1. The normalized spacial score (nSPS) is 15.1. The third-order valence-corrected chi connectivity index (χ3v) is 9.36. The average Bonchev–Trinajstić information content (AvgIpc) is 3.07. The number of rotatable bonds is 9. The molecule has 2 aliphatic rings. The number of amides is 3. The van der Waals surface area contributed by atoms with Gasteiger partial charge in [-0.05, 0) is 67.3 Å². The highest BCUT2D eigenvalue weighted by Crippen LogP contribution is 2.37. The molecule has 1 aliphatic carbocycles. The fourth-order valence-electron chi connectivity index (χ4n) is 5.86. The zero-order valence-electron chi connectivity index (χ0n) is 26.0. The Kier molecular flexibility index (Phi) is 10.8. The summed E-state index contributed by atoms with van der Waals surface area (Å²) in [5.41, 5.74) is 10.5. The average molecular weight is 662 g/mol. The van der Waals surface area contributed by atoms with E-state index in [0.29, 0.717) is 39.2 Å². The Morgan fingerprint density at radius 3 is 2.46 bits per heavy atom. The van der Waals surface area contributed by atoms with Crippen LogP contribution in [0.15, 0.2) is 78.2 Å². The first-order valence-corrected chi connectivity index (χ1v) is 16.2. The lowest BCUT2D eigenvalue weighted by molar-refractivity contribution is -0.120. The Morgan fingerprint density at radius 1 is 1.02 bits per heavy atom. The van der Waals surface area contributed by atoms with Gasteiger partial charge >= 0.3 is 0 Å². The Bertz CT molecular complexity index is 1680. The molecule has 0 spiro atoms. The molecule has 240 valence electrons. The molecule has 3 amide bonds. The lowest BCUT2D eigenvalue weighted by Gasteiger charge is -2.31. The van der Waals surface area contributed by atoms with Crippen molar-refractivity contribution in [1.29, 1.82) is 0 Å². The van der Waals surface area contributed by atoms with Crippen molar-refractivity contribution in [3.63, 3.8) is 0 Å². The van der Waals surface area contributed by atoms with Crippen LogP contribution in [0.1, 0.15) is 55.7 Å². The third kappa shape index (κ3) is 7.47. The highest BCUT2D eigenvalue weighted by molar-refractivity contribution is 6.38. The van der Waals surface area contributed by atoms with E-state index < -0.39 is 0 Å². The topological polar surface area (TPSA) is 105 Å². The monoisotopic (exact) mass is 660 g/mol. The van der Waals surface area contributed by atoms with Crippen molar-refractivity contribution in [3.8, 4) is 0 Å². The fourth-order valence-corrected chi connectivity index (χ4v) is 6.47. The molecule has 0 radical (unpaired) electrons. The maximum atomic E-state index is 13.7. The summed E-state index contributed by atoms with van der Waals surface area (Å²) >= 11 is 13.2. The second-order valence-corrected chi connectivity index (χ2v) is 12.4. The van der Waals surface area contributed by atoms with E-state index in [9.17, 15) is 14.4 Å². The number of carbonyl (C=O) groups is 3. The molecule has 1 fully saturated rings. The molecule has 3 N–H and O–H groups in total. The molecule has 3 aromatic carbocycles. The molecule has 46 heavy (non-hydrogen) atoms. The summed E-state index contributed by atoms with van der Waals surface area (Å²) in [7, 11) is 1.60. The molecule has 0 unspecified atom stereocenters. The number of nitrogens with two attached hydrogens (primary N) is 1. The first-order valence-electron chi connectivity index (χ1n) is 15.4. The maximum Gasteiger partial charge on any atom is 0.255 e. The number of para-hydroxylation sites is 1. The number of halogens is 2. The van der Waals surface area contributed by atoms with Crippen LogP contribution in [0.2, 0.25) is 10.0 Å². The van der Waals surface area contributed by atoms with Crippen molar-refractivity contribution < 1.29 is 19.1 Å². The van der Waals surface area contributed by atoms with Crippen molar-refractivity contribution >= 4 is 64.1 Å². The number of nitrogens with zero attached hydrogens (tertiary/aromatic N) is 2. The molecule has 3 aromatic rings. The number of fused-ring (bicyclic) bond motifs is 1. The molecule has 1 heterocycles. The van der Waals surface area contributed by atoms with Crippen molar-refractivity contribution in [3.05, 3.63) is 105 Å². The van der Waals surface area contributed by atoms with Gasteiger partial charge in [-0.2, -0.15) is 0 Å². The number of anilines is 3. The molecular formula is C36H38Cl2N4O4. The standard InChI is InChI=1S/C36H38Cl2N4O4/c1-23-32(46-22-28-29(37)17-18-31(35(28)38)41(2)34(44)21-39)20-26-10-6-7-11-30(26)42(23)33(43)19-14-24-12-15-27(16-13-24)40-36(45)25-8-4-3-5-9-25/h6-7,10-19,25H,3-5,8-9,20-22,39H2,1-2H3,(H,40,45). The van der Waals surface area contributed by atoms with Crippen LogP contribution in [-0.4, -0.2) is 31.3 Å². The Hall–Kier alpha value is -4.11. The molecule has 0 aromatic heterocycles. The Labute approximate surface area is 279 Å². The minimum absolute atomic E-state index is 0.0342. The number of carbonyl (C=O) groups excluding carboxylic acids is 3. The molecule has 5 rings (SSSR count). The van der Waals surface area contributed by atoms with Crippen molar-refractivity contribution in [1.82, 2.24) is 0 Å². The quantitative estimate of drug-likeness (QED) is 0.232. The third-order valence-electron chi connectivity index (χ3n) is 8.58. The van der Waals surface area contributed by atoms with E-state index in [1.165, 1.54) is 17.4 Å². The van der Waals surface area contributed by atoms with E-state index in [4.69, 9.17) is 33.7 Å². The molecule has 10 heteroatoms. The van der Waals surface area contributed by atoms with Gasteiger partial charge in [0.05, 0.1) is 28.6 Å². The smallest absolute Gasteiger partial charge is 0.255 e. The Balaban J connectivity index is 1.32.